The van der Waals surface area contributed by atoms with Crippen molar-refractivity contribution < 1.29 is 0 Å². The fourth-order valence-electron chi connectivity index (χ4n) is 6.67. The van der Waals surface area contributed by atoms with Crippen molar-refractivity contribution in [3.8, 4) is 0 Å². The molecule has 0 N–H and O–H groups in total. The van der Waals surface area contributed by atoms with Gasteiger partial charge in [0.1, 0.15) is 0 Å². The van der Waals surface area contributed by atoms with Gasteiger partial charge in [0.25, 0.3) is 0 Å². The van der Waals surface area contributed by atoms with Crippen molar-refractivity contribution in [3.63, 3.8) is 0 Å². The number of aryl methyl sites for hydroxylation is 2. The fraction of sp³-hybridized carbons (Fsp3) is 0.222. The summed E-state index contributed by atoms with van der Waals surface area (Å²) >= 11 is 0. The Hall–Kier alpha value is -3.64. The average Bonchev–Trinajstić information content (AvgIpc) is 2.94. The molecule has 0 aliphatic heterocycles. The molecule has 0 fully saturated rings. The van der Waals surface area contributed by atoms with E-state index < -0.39 is 0 Å². The van der Waals surface area contributed by atoms with Crippen LogP contribution >= 0.6 is 0 Å². The van der Waals surface area contributed by atoms with Crippen molar-refractivity contribution in [2.45, 2.75) is 51.4 Å². The summed E-state index contributed by atoms with van der Waals surface area (Å²) in [6, 6.07) is 31.7. The quantitative estimate of drug-likeness (QED) is 0.229. The molecule has 0 heterocycles. The molecular weight excluding hydrogens is 432 g/mol. The second kappa shape index (κ2) is 8.79. The minimum Gasteiger partial charge on any atom is -0.0764 e. The summed E-state index contributed by atoms with van der Waals surface area (Å²) in [6.45, 7) is 2.25. The lowest BCUT2D eigenvalue weighted by Gasteiger charge is -2.28. The molecule has 2 aliphatic carbocycles. The van der Waals surface area contributed by atoms with Gasteiger partial charge in [0.05, 0.1) is 0 Å². The maximum atomic E-state index is 2.40. The van der Waals surface area contributed by atoms with E-state index in [0.717, 1.165) is 0 Å². The standard InChI is InChI=1S/C20H18.C16H14/c1-2-3-5-14-12-17-10-8-15-6-4-7-16-9-11-18(13-14)20(17)19(15)16;1-3-11-7-9-13-5-2-6-14-10-8-12(4-1)15(11)16(13)14/h4,6-13H,2-3,5H2,1H3;1,3-4,7-10,13H,2,5-6H2. The van der Waals surface area contributed by atoms with Crippen molar-refractivity contribution in [1.82, 2.24) is 0 Å². The fourth-order valence-corrected chi connectivity index (χ4v) is 6.67. The second-order valence-corrected chi connectivity index (χ2v) is 10.7. The monoisotopic (exact) mass is 464 g/mol. The van der Waals surface area contributed by atoms with Gasteiger partial charge in [-0.3, -0.25) is 0 Å². The highest BCUT2D eigenvalue weighted by Crippen LogP contribution is 2.42. The molecular formula is C36H32. The van der Waals surface area contributed by atoms with Gasteiger partial charge in [-0.05, 0) is 97.4 Å². The second-order valence-electron chi connectivity index (χ2n) is 10.7. The number of hydrogen-bond donors (Lipinski definition) is 0. The van der Waals surface area contributed by atoms with E-state index in [9.17, 15) is 0 Å². The van der Waals surface area contributed by atoms with Crippen molar-refractivity contribution in [2.24, 2.45) is 0 Å². The van der Waals surface area contributed by atoms with Gasteiger partial charge in [0.15, 0.2) is 0 Å². The van der Waals surface area contributed by atoms with Crippen molar-refractivity contribution >= 4 is 49.2 Å². The van der Waals surface area contributed by atoms with Crippen LogP contribution in [0.5, 0.6) is 0 Å². The lowest BCUT2D eigenvalue weighted by atomic mass is 9.76. The van der Waals surface area contributed by atoms with Gasteiger partial charge >= 0.3 is 0 Å². The first-order valence-corrected chi connectivity index (χ1v) is 13.7. The molecule has 6 aromatic carbocycles. The minimum absolute atomic E-state index is 0.683. The molecule has 8 rings (SSSR count). The number of rotatable bonds is 3. The molecule has 0 aromatic heterocycles. The maximum absolute atomic E-state index is 2.40. The van der Waals surface area contributed by atoms with E-state index >= 15 is 0 Å². The first kappa shape index (κ1) is 21.6. The highest BCUT2D eigenvalue weighted by molar-refractivity contribution is 6.23. The van der Waals surface area contributed by atoms with Gasteiger partial charge in [-0.2, -0.15) is 0 Å². The molecule has 176 valence electrons. The van der Waals surface area contributed by atoms with Gasteiger partial charge < -0.3 is 0 Å². The Balaban J connectivity index is 0.000000125. The molecule has 0 saturated carbocycles. The van der Waals surface area contributed by atoms with Crippen LogP contribution in [0.1, 0.15) is 60.8 Å². The Morgan fingerprint density at radius 2 is 1.33 bits per heavy atom. The number of hydrogen-bond acceptors (Lipinski definition) is 0. The normalized spacial score (nSPS) is 16.1. The third kappa shape index (κ3) is 3.51. The molecule has 0 spiro atoms. The zero-order valence-electron chi connectivity index (χ0n) is 21.1. The van der Waals surface area contributed by atoms with Crippen molar-refractivity contribution in [2.75, 3.05) is 0 Å². The van der Waals surface area contributed by atoms with E-state index in [2.05, 4.69) is 104 Å². The summed E-state index contributed by atoms with van der Waals surface area (Å²) in [5, 5.41) is 11.3. The Labute approximate surface area is 213 Å². The summed E-state index contributed by atoms with van der Waals surface area (Å²) in [5.74, 6) is 0.683. The average molecular weight is 465 g/mol. The maximum Gasteiger partial charge on any atom is 0.00305 e. The van der Waals surface area contributed by atoms with Gasteiger partial charge in [-0.25, -0.2) is 0 Å². The third-order valence-corrected chi connectivity index (χ3v) is 8.39. The molecule has 6 aromatic rings. The molecule has 1 unspecified atom stereocenters. The lowest BCUT2D eigenvalue weighted by Crippen LogP contribution is -2.11. The first-order valence-electron chi connectivity index (χ1n) is 13.7. The molecule has 36 heavy (non-hydrogen) atoms. The summed E-state index contributed by atoms with van der Waals surface area (Å²) in [5.41, 5.74) is 6.09. The summed E-state index contributed by atoms with van der Waals surface area (Å²) < 4.78 is 0. The van der Waals surface area contributed by atoms with Crippen LogP contribution in [0, 0.1) is 0 Å². The summed E-state index contributed by atoms with van der Waals surface area (Å²) in [4.78, 5) is 0. The van der Waals surface area contributed by atoms with Crippen LogP contribution in [0.25, 0.3) is 49.2 Å². The Morgan fingerprint density at radius 1 is 0.694 bits per heavy atom. The predicted octanol–water partition coefficient (Wildman–Crippen LogP) is 10.2. The predicted molar refractivity (Wildman–Crippen MR) is 157 cm³/mol. The Kier molecular flexibility index (Phi) is 5.28. The summed E-state index contributed by atoms with van der Waals surface area (Å²) in [7, 11) is 0. The van der Waals surface area contributed by atoms with E-state index in [0.29, 0.717) is 5.92 Å². The van der Waals surface area contributed by atoms with Crippen LogP contribution in [-0.4, -0.2) is 0 Å². The zero-order chi connectivity index (χ0) is 24.1. The van der Waals surface area contributed by atoms with Crippen molar-refractivity contribution in [1.29, 1.82) is 0 Å². The number of allylic oxidation sites excluding steroid dienone is 1. The molecule has 0 radical (unpaired) electrons. The molecule has 1 atom stereocenters. The van der Waals surface area contributed by atoms with Crippen LogP contribution in [0.15, 0.2) is 91.0 Å². The SMILES string of the molecule is C1=CC2CCCc3ccc4cccc1c4c32.CCCCc1cc2ccc3cccc4ccc(c1)c2c34. The minimum atomic E-state index is 0.683. The first-order chi connectivity index (χ1) is 17.8. The van der Waals surface area contributed by atoms with Gasteiger partial charge in [-0.1, -0.05) is 110 Å². The van der Waals surface area contributed by atoms with Crippen LogP contribution in [0.3, 0.4) is 0 Å². The molecule has 0 saturated heterocycles. The highest BCUT2D eigenvalue weighted by atomic mass is 14.3. The van der Waals surface area contributed by atoms with E-state index in [1.54, 1.807) is 11.1 Å². The van der Waals surface area contributed by atoms with Crippen LogP contribution in [0.4, 0.5) is 0 Å². The molecule has 0 amide bonds. The number of benzene rings is 6. The van der Waals surface area contributed by atoms with E-state index in [1.165, 1.54) is 92.7 Å². The van der Waals surface area contributed by atoms with E-state index in [-0.39, 0.29) is 0 Å². The van der Waals surface area contributed by atoms with Crippen LogP contribution < -0.4 is 0 Å². The van der Waals surface area contributed by atoms with Crippen molar-refractivity contribution in [3.05, 3.63) is 113 Å². The molecule has 0 heteroatoms. The van der Waals surface area contributed by atoms with E-state index in [1.807, 2.05) is 0 Å². The third-order valence-electron chi connectivity index (χ3n) is 8.39. The topological polar surface area (TPSA) is 0 Å². The van der Waals surface area contributed by atoms with Gasteiger partial charge in [0, 0.05) is 5.92 Å². The van der Waals surface area contributed by atoms with Gasteiger partial charge in [0.2, 0.25) is 0 Å². The zero-order valence-corrected chi connectivity index (χ0v) is 21.1. The van der Waals surface area contributed by atoms with Crippen LogP contribution in [-0.2, 0) is 12.8 Å². The summed E-state index contributed by atoms with van der Waals surface area (Å²) in [6.07, 6.45) is 12.4. The number of unbranched alkanes of at least 4 members (excludes halogenated alkanes) is 1. The molecule has 0 bridgehead atoms. The Morgan fingerprint density at radius 3 is 2.08 bits per heavy atom. The van der Waals surface area contributed by atoms with Crippen LogP contribution in [0.2, 0.25) is 0 Å². The smallest absolute Gasteiger partial charge is 0.00305 e. The molecule has 0 nitrogen and oxygen atoms in total. The van der Waals surface area contributed by atoms with E-state index in [4.69, 9.17) is 0 Å². The lowest BCUT2D eigenvalue weighted by molar-refractivity contribution is 0.633. The largest absolute Gasteiger partial charge is 0.0764 e. The molecule has 2 aliphatic rings. The Bertz CT molecular complexity index is 1690. The highest BCUT2D eigenvalue weighted by Gasteiger charge is 2.23. The van der Waals surface area contributed by atoms with Gasteiger partial charge in [-0.15, -0.1) is 0 Å².